The molecule has 2 aliphatic heterocycles. The summed E-state index contributed by atoms with van der Waals surface area (Å²) >= 11 is 6.04. The van der Waals surface area contributed by atoms with E-state index in [9.17, 15) is 0 Å². The number of halogens is 2. The first kappa shape index (κ1) is 9.46. The van der Waals surface area contributed by atoms with Crippen LogP contribution in [0.5, 0.6) is 0 Å². The second-order valence-electron chi connectivity index (χ2n) is 3.45. The van der Waals surface area contributed by atoms with Gasteiger partial charge in [0.05, 0.1) is 12.2 Å². The van der Waals surface area contributed by atoms with E-state index in [0.29, 0.717) is 12.2 Å². The zero-order valence-corrected chi connectivity index (χ0v) is 10.6. The standard InChI is InChI=1S/C9H12BrIO/c10-8-6-4-2-1-3-5-7(12-6)9(8)11/h6-7H,1-5H2. The molecule has 2 unspecified atom stereocenters. The molecule has 2 atom stereocenters. The lowest BCUT2D eigenvalue weighted by molar-refractivity contribution is 0.0391. The van der Waals surface area contributed by atoms with Crippen LogP contribution in [0.4, 0.5) is 0 Å². The van der Waals surface area contributed by atoms with E-state index >= 15 is 0 Å². The number of fused-ring (bicyclic) bond motifs is 2. The van der Waals surface area contributed by atoms with Crippen molar-refractivity contribution < 1.29 is 4.74 Å². The van der Waals surface area contributed by atoms with Gasteiger partial charge in [0.15, 0.2) is 0 Å². The quantitative estimate of drug-likeness (QED) is 0.609. The zero-order valence-electron chi connectivity index (χ0n) is 6.85. The van der Waals surface area contributed by atoms with Crippen molar-refractivity contribution in [2.75, 3.05) is 0 Å². The number of rotatable bonds is 0. The Bertz CT molecular complexity index is 195. The van der Waals surface area contributed by atoms with E-state index in [2.05, 4.69) is 38.5 Å². The van der Waals surface area contributed by atoms with Gasteiger partial charge in [0, 0.05) is 8.06 Å². The normalized spacial score (nSPS) is 36.5. The first-order chi connectivity index (χ1) is 5.79. The molecule has 0 aromatic rings. The summed E-state index contributed by atoms with van der Waals surface area (Å²) in [6, 6.07) is 0. The fraction of sp³-hybridized carbons (Fsp3) is 0.778. The molecule has 1 saturated heterocycles. The first-order valence-corrected chi connectivity index (χ1v) is 6.36. The topological polar surface area (TPSA) is 9.23 Å². The van der Waals surface area contributed by atoms with Crippen LogP contribution < -0.4 is 0 Å². The van der Waals surface area contributed by atoms with Gasteiger partial charge >= 0.3 is 0 Å². The highest BCUT2D eigenvalue weighted by molar-refractivity contribution is 14.1. The van der Waals surface area contributed by atoms with Crippen LogP contribution in [-0.2, 0) is 4.74 Å². The van der Waals surface area contributed by atoms with Crippen molar-refractivity contribution in [1.29, 1.82) is 0 Å². The second-order valence-corrected chi connectivity index (χ2v) is 5.46. The first-order valence-electron chi connectivity index (χ1n) is 4.49. The van der Waals surface area contributed by atoms with E-state index < -0.39 is 0 Å². The minimum Gasteiger partial charge on any atom is -0.365 e. The van der Waals surface area contributed by atoms with Crippen LogP contribution in [0.1, 0.15) is 32.1 Å². The van der Waals surface area contributed by atoms with Crippen molar-refractivity contribution in [1.82, 2.24) is 0 Å². The highest BCUT2D eigenvalue weighted by Gasteiger charge is 2.32. The van der Waals surface area contributed by atoms with Crippen molar-refractivity contribution in [2.45, 2.75) is 44.3 Å². The SMILES string of the molecule is BrC1=C(I)C2CCCCCC1O2. The Labute approximate surface area is 95.2 Å². The molecule has 0 aromatic heterocycles. The van der Waals surface area contributed by atoms with Crippen molar-refractivity contribution >= 4 is 38.5 Å². The summed E-state index contributed by atoms with van der Waals surface area (Å²) in [7, 11) is 0. The third-order valence-corrected chi connectivity index (χ3v) is 5.51. The maximum absolute atomic E-state index is 5.90. The van der Waals surface area contributed by atoms with Crippen LogP contribution in [-0.4, -0.2) is 12.2 Å². The van der Waals surface area contributed by atoms with E-state index in [0.717, 1.165) is 0 Å². The second kappa shape index (κ2) is 3.96. The van der Waals surface area contributed by atoms with E-state index in [-0.39, 0.29) is 0 Å². The maximum Gasteiger partial charge on any atom is 0.0906 e. The molecule has 2 bridgehead atoms. The van der Waals surface area contributed by atoms with Crippen LogP contribution >= 0.6 is 38.5 Å². The van der Waals surface area contributed by atoms with Crippen LogP contribution in [0.2, 0.25) is 0 Å². The molecule has 3 heteroatoms. The van der Waals surface area contributed by atoms with Gasteiger partial charge in [0.25, 0.3) is 0 Å². The molecule has 0 spiro atoms. The summed E-state index contributed by atoms with van der Waals surface area (Å²) in [5.74, 6) is 0. The van der Waals surface area contributed by atoms with E-state index in [4.69, 9.17) is 4.74 Å². The molecule has 0 amide bonds. The molecule has 0 N–H and O–H groups in total. The third kappa shape index (κ3) is 1.73. The largest absolute Gasteiger partial charge is 0.365 e. The fourth-order valence-corrected chi connectivity index (χ4v) is 3.25. The van der Waals surface area contributed by atoms with Gasteiger partial charge in [-0.1, -0.05) is 35.2 Å². The average Bonchev–Trinajstić information content (AvgIpc) is 2.28. The van der Waals surface area contributed by atoms with Crippen molar-refractivity contribution in [3.05, 3.63) is 8.06 Å². The number of hydrogen-bond donors (Lipinski definition) is 0. The Kier molecular flexibility index (Phi) is 3.13. The Morgan fingerprint density at radius 2 is 1.83 bits per heavy atom. The van der Waals surface area contributed by atoms with Gasteiger partial charge in [-0.3, -0.25) is 0 Å². The fourth-order valence-electron chi connectivity index (χ4n) is 1.85. The molecule has 0 aliphatic carbocycles. The molecule has 2 rings (SSSR count). The third-order valence-electron chi connectivity index (χ3n) is 2.55. The molecule has 2 aliphatic rings. The van der Waals surface area contributed by atoms with E-state index in [1.54, 1.807) is 0 Å². The molecule has 68 valence electrons. The Balaban J connectivity index is 2.16. The van der Waals surface area contributed by atoms with Crippen molar-refractivity contribution in [2.24, 2.45) is 0 Å². The molecular weight excluding hydrogens is 331 g/mol. The Morgan fingerprint density at radius 1 is 1.17 bits per heavy atom. The van der Waals surface area contributed by atoms with Gasteiger partial charge in [0.2, 0.25) is 0 Å². The molecule has 0 radical (unpaired) electrons. The molecule has 1 nitrogen and oxygen atoms in total. The van der Waals surface area contributed by atoms with Crippen LogP contribution in [0.3, 0.4) is 0 Å². The molecule has 0 aromatic carbocycles. The highest BCUT2D eigenvalue weighted by atomic mass is 127. The summed E-state index contributed by atoms with van der Waals surface area (Å²) in [5.41, 5.74) is 0. The van der Waals surface area contributed by atoms with Crippen LogP contribution in [0, 0.1) is 0 Å². The molecule has 12 heavy (non-hydrogen) atoms. The van der Waals surface area contributed by atoms with Gasteiger partial charge in [0.1, 0.15) is 0 Å². The predicted octanol–water partition coefficient (Wildman–Crippen LogP) is 3.76. The molecule has 1 fully saturated rings. The van der Waals surface area contributed by atoms with Crippen molar-refractivity contribution in [3.63, 3.8) is 0 Å². The van der Waals surface area contributed by atoms with Gasteiger partial charge in [-0.05, 0) is 35.4 Å². The van der Waals surface area contributed by atoms with Crippen LogP contribution in [0.15, 0.2) is 8.06 Å². The summed E-state index contributed by atoms with van der Waals surface area (Å²) in [4.78, 5) is 0. The number of hydrogen-bond acceptors (Lipinski definition) is 1. The average molecular weight is 343 g/mol. The van der Waals surface area contributed by atoms with Gasteiger partial charge < -0.3 is 4.74 Å². The summed E-state index contributed by atoms with van der Waals surface area (Å²) in [6.45, 7) is 0. The summed E-state index contributed by atoms with van der Waals surface area (Å²) in [5, 5.41) is 0. The minimum atomic E-state index is 0.377. The maximum atomic E-state index is 5.90. The molecular formula is C9H12BrIO. The predicted molar refractivity (Wildman–Crippen MR) is 61.7 cm³/mol. The van der Waals surface area contributed by atoms with Gasteiger partial charge in [-0.25, -0.2) is 0 Å². The smallest absolute Gasteiger partial charge is 0.0906 e. The van der Waals surface area contributed by atoms with E-state index in [1.807, 2.05) is 0 Å². The lowest BCUT2D eigenvalue weighted by Gasteiger charge is -2.18. The molecule has 2 heterocycles. The summed E-state index contributed by atoms with van der Waals surface area (Å²) in [6.07, 6.45) is 7.21. The molecule has 0 saturated carbocycles. The lowest BCUT2D eigenvalue weighted by atomic mass is 10.1. The minimum absolute atomic E-state index is 0.377. The lowest BCUT2D eigenvalue weighted by Crippen LogP contribution is -2.16. The van der Waals surface area contributed by atoms with Gasteiger partial charge in [-0.15, -0.1) is 0 Å². The Morgan fingerprint density at radius 3 is 2.58 bits per heavy atom. The van der Waals surface area contributed by atoms with Gasteiger partial charge in [-0.2, -0.15) is 0 Å². The monoisotopic (exact) mass is 342 g/mol. The zero-order chi connectivity index (χ0) is 8.55. The van der Waals surface area contributed by atoms with Crippen LogP contribution in [0.25, 0.3) is 0 Å². The summed E-state index contributed by atoms with van der Waals surface area (Å²) < 4.78 is 8.62. The van der Waals surface area contributed by atoms with Crippen molar-refractivity contribution in [3.8, 4) is 0 Å². The Hall–Kier alpha value is 0.910. The van der Waals surface area contributed by atoms with E-state index in [1.165, 1.54) is 40.2 Å². The number of ether oxygens (including phenoxy) is 1. The highest BCUT2D eigenvalue weighted by Crippen LogP contribution is 2.40.